The number of nitrogens with one attached hydrogen (secondary N) is 3. The van der Waals surface area contributed by atoms with Crippen molar-refractivity contribution in [1.29, 1.82) is 0 Å². The Kier molecular flexibility index (Phi) is 7.03. The van der Waals surface area contributed by atoms with E-state index in [1.807, 2.05) is 30.3 Å². The van der Waals surface area contributed by atoms with Gasteiger partial charge in [-0.15, -0.1) is 12.4 Å². The third-order valence-corrected chi connectivity index (χ3v) is 4.08. The van der Waals surface area contributed by atoms with Crippen LogP contribution < -0.4 is 16.0 Å². The lowest BCUT2D eigenvalue weighted by Gasteiger charge is -2.28. The van der Waals surface area contributed by atoms with Crippen LogP contribution >= 0.6 is 12.4 Å². The summed E-state index contributed by atoms with van der Waals surface area (Å²) in [5.74, 6) is 0.100. The smallest absolute Gasteiger partial charge is 0.287 e. The lowest BCUT2D eigenvalue weighted by atomic mass is 10.0. The summed E-state index contributed by atoms with van der Waals surface area (Å²) in [4.78, 5) is 24.7. The van der Waals surface area contributed by atoms with Crippen molar-refractivity contribution in [3.8, 4) is 0 Å². The van der Waals surface area contributed by atoms with E-state index in [1.54, 1.807) is 12.1 Å². The monoisotopic (exact) mass is 363 g/mol. The molecule has 1 saturated heterocycles. The van der Waals surface area contributed by atoms with Gasteiger partial charge >= 0.3 is 0 Å². The van der Waals surface area contributed by atoms with Gasteiger partial charge in [-0.05, 0) is 17.7 Å². The van der Waals surface area contributed by atoms with E-state index in [0.717, 1.165) is 18.7 Å². The highest BCUT2D eigenvalue weighted by Crippen LogP contribution is 2.07. The van der Waals surface area contributed by atoms with Crippen LogP contribution in [0.4, 0.5) is 0 Å². The van der Waals surface area contributed by atoms with Crippen molar-refractivity contribution < 1.29 is 14.0 Å². The van der Waals surface area contributed by atoms with Gasteiger partial charge in [0.1, 0.15) is 6.04 Å². The van der Waals surface area contributed by atoms with Gasteiger partial charge in [0.15, 0.2) is 5.76 Å². The molecule has 0 saturated carbocycles. The molecule has 2 amide bonds. The normalized spacial score (nSPS) is 14.7. The molecule has 2 heterocycles. The van der Waals surface area contributed by atoms with Crippen LogP contribution in [0.2, 0.25) is 0 Å². The largest absolute Gasteiger partial charge is 0.459 e. The number of rotatable bonds is 7. The second-order valence-electron chi connectivity index (χ2n) is 5.96. The van der Waals surface area contributed by atoms with Crippen molar-refractivity contribution >= 4 is 24.2 Å². The molecule has 3 N–H and O–H groups in total. The molecule has 0 spiro atoms. The van der Waals surface area contributed by atoms with Crippen molar-refractivity contribution in [3.63, 3.8) is 0 Å². The first-order valence-corrected chi connectivity index (χ1v) is 8.09. The highest BCUT2D eigenvalue weighted by Gasteiger charge is 2.24. The zero-order valence-corrected chi connectivity index (χ0v) is 14.6. The van der Waals surface area contributed by atoms with Gasteiger partial charge in [-0.3, -0.25) is 9.59 Å². The van der Waals surface area contributed by atoms with Crippen molar-refractivity contribution in [2.75, 3.05) is 19.6 Å². The fourth-order valence-corrected chi connectivity index (χ4v) is 2.56. The van der Waals surface area contributed by atoms with Gasteiger partial charge in [0.25, 0.3) is 5.91 Å². The summed E-state index contributed by atoms with van der Waals surface area (Å²) >= 11 is 0. The predicted octanol–water partition coefficient (Wildman–Crippen LogP) is 1.38. The molecule has 1 aromatic heterocycles. The van der Waals surface area contributed by atoms with Gasteiger partial charge in [0, 0.05) is 32.0 Å². The van der Waals surface area contributed by atoms with Gasteiger partial charge in [-0.25, -0.2) is 0 Å². The summed E-state index contributed by atoms with van der Waals surface area (Å²) in [5, 5.41) is 8.87. The Morgan fingerprint density at radius 3 is 2.52 bits per heavy atom. The summed E-state index contributed by atoms with van der Waals surface area (Å²) < 4.78 is 5.10. The maximum Gasteiger partial charge on any atom is 0.287 e. The summed E-state index contributed by atoms with van der Waals surface area (Å²) in [6, 6.07) is 12.2. The molecule has 0 radical (unpaired) electrons. The lowest BCUT2D eigenvalue weighted by Crippen LogP contribution is -2.53. The van der Waals surface area contributed by atoms with Crippen molar-refractivity contribution in [2.45, 2.75) is 12.5 Å². The molecule has 134 valence electrons. The number of carbonyl (C=O) groups excluding carboxylic acids is 2. The molecular weight excluding hydrogens is 342 g/mol. The summed E-state index contributed by atoms with van der Waals surface area (Å²) in [7, 11) is 0. The lowest BCUT2D eigenvalue weighted by molar-refractivity contribution is -0.123. The average Bonchev–Trinajstić information content (AvgIpc) is 3.08. The summed E-state index contributed by atoms with van der Waals surface area (Å²) in [6.45, 7) is 2.46. The van der Waals surface area contributed by atoms with E-state index in [9.17, 15) is 9.59 Å². The van der Waals surface area contributed by atoms with Gasteiger partial charge in [-0.2, -0.15) is 0 Å². The van der Waals surface area contributed by atoms with Gasteiger partial charge in [0.05, 0.1) is 6.26 Å². The first-order valence-electron chi connectivity index (χ1n) is 8.09. The molecule has 1 fully saturated rings. The van der Waals surface area contributed by atoms with E-state index < -0.39 is 6.04 Å². The van der Waals surface area contributed by atoms with Crippen LogP contribution in [0.25, 0.3) is 0 Å². The number of halogens is 1. The van der Waals surface area contributed by atoms with Crippen LogP contribution in [0.3, 0.4) is 0 Å². The number of amides is 2. The average molecular weight is 364 g/mol. The Morgan fingerprint density at radius 1 is 1.16 bits per heavy atom. The highest BCUT2D eigenvalue weighted by atomic mass is 35.5. The maximum absolute atomic E-state index is 12.5. The fourth-order valence-electron chi connectivity index (χ4n) is 2.56. The molecule has 1 unspecified atom stereocenters. The molecule has 1 aliphatic heterocycles. The van der Waals surface area contributed by atoms with Crippen LogP contribution in [0.5, 0.6) is 0 Å². The van der Waals surface area contributed by atoms with E-state index in [2.05, 4.69) is 16.0 Å². The molecule has 1 aromatic carbocycles. The van der Waals surface area contributed by atoms with E-state index in [-0.39, 0.29) is 30.0 Å². The first-order chi connectivity index (χ1) is 11.7. The number of furan rings is 1. The quantitative estimate of drug-likeness (QED) is 0.694. The number of benzene rings is 1. The van der Waals surface area contributed by atoms with Crippen LogP contribution in [0, 0.1) is 5.92 Å². The minimum Gasteiger partial charge on any atom is -0.459 e. The molecule has 6 nitrogen and oxygen atoms in total. The molecule has 3 rings (SSSR count). The second-order valence-corrected chi connectivity index (χ2v) is 5.96. The van der Waals surface area contributed by atoms with Crippen LogP contribution in [0.15, 0.2) is 53.1 Å². The van der Waals surface area contributed by atoms with Crippen LogP contribution in [-0.4, -0.2) is 37.5 Å². The standard InChI is InChI=1S/C18H21N3O3.ClH/c22-17(20-12-14-10-19-11-14)15(9-13-5-2-1-3-6-13)21-18(23)16-7-4-8-24-16;/h1-8,14-15,19H,9-12H2,(H,20,22)(H,21,23);1H. The van der Waals surface area contributed by atoms with Gasteiger partial charge in [0.2, 0.25) is 5.91 Å². The van der Waals surface area contributed by atoms with E-state index in [0.29, 0.717) is 18.9 Å². The molecule has 1 atom stereocenters. The van der Waals surface area contributed by atoms with Crippen molar-refractivity contribution in [1.82, 2.24) is 16.0 Å². The van der Waals surface area contributed by atoms with Crippen LogP contribution in [-0.2, 0) is 11.2 Å². The minimum absolute atomic E-state index is 0. The highest BCUT2D eigenvalue weighted by molar-refractivity contribution is 5.95. The minimum atomic E-state index is -0.641. The Morgan fingerprint density at radius 2 is 1.92 bits per heavy atom. The van der Waals surface area contributed by atoms with E-state index in [4.69, 9.17) is 4.42 Å². The zero-order chi connectivity index (χ0) is 16.8. The molecule has 0 aliphatic carbocycles. The predicted molar refractivity (Wildman–Crippen MR) is 96.7 cm³/mol. The molecule has 1 aliphatic rings. The summed E-state index contributed by atoms with van der Waals surface area (Å²) in [6.07, 6.45) is 1.87. The Balaban J connectivity index is 0.00000225. The topological polar surface area (TPSA) is 83.4 Å². The van der Waals surface area contributed by atoms with E-state index >= 15 is 0 Å². The third kappa shape index (κ3) is 5.34. The SMILES string of the molecule is Cl.O=C(NC(Cc1ccccc1)C(=O)NCC1CNC1)c1ccco1. The maximum atomic E-state index is 12.5. The van der Waals surface area contributed by atoms with Crippen LogP contribution in [0.1, 0.15) is 16.1 Å². The molecule has 2 aromatic rings. The van der Waals surface area contributed by atoms with Gasteiger partial charge < -0.3 is 20.4 Å². The number of hydrogen-bond acceptors (Lipinski definition) is 4. The van der Waals surface area contributed by atoms with Crippen molar-refractivity contribution in [3.05, 3.63) is 60.1 Å². The second kappa shape index (κ2) is 9.25. The molecule has 25 heavy (non-hydrogen) atoms. The third-order valence-electron chi connectivity index (χ3n) is 4.08. The molecule has 7 heteroatoms. The molecule has 0 bridgehead atoms. The molecular formula is C18H22ClN3O3. The van der Waals surface area contributed by atoms with E-state index in [1.165, 1.54) is 6.26 Å². The summed E-state index contributed by atoms with van der Waals surface area (Å²) in [5.41, 5.74) is 0.989. The Hall–Kier alpha value is -2.31. The fraction of sp³-hybridized carbons (Fsp3) is 0.333. The van der Waals surface area contributed by atoms with Gasteiger partial charge in [-0.1, -0.05) is 30.3 Å². The number of hydrogen-bond donors (Lipinski definition) is 3. The Labute approximate surface area is 152 Å². The number of carbonyl (C=O) groups is 2. The Bertz CT molecular complexity index is 672. The first kappa shape index (κ1) is 19.0. The zero-order valence-electron chi connectivity index (χ0n) is 13.7. The van der Waals surface area contributed by atoms with Crippen molar-refractivity contribution in [2.24, 2.45) is 5.92 Å².